The smallest absolute Gasteiger partial charge is 0.213 e. The van der Waals surface area contributed by atoms with E-state index in [0.29, 0.717) is 29.1 Å². The molecule has 86 valence electrons. The first-order valence-corrected chi connectivity index (χ1v) is 6.21. The van der Waals surface area contributed by atoms with Crippen molar-refractivity contribution in [2.45, 2.75) is 43.9 Å². The molecule has 2 bridgehead atoms. The Kier molecular flexibility index (Phi) is 2.74. The number of hydrogen-bond acceptors (Lipinski definition) is 3. The van der Waals surface area contributed by atoms with Gasteiger partial charge in [0.15, 0.2) is 0 Å². The van der Waals surface area contributed by atoms with Crippen molar-refractivity contribution in [3.8, 4) is 5.88 Å². The molecule has 3 nitrogen and oxygen atoms in total. The van der Waals surface area contributed by atoms with Gasteiger partial charge in [-0.15, -0.1) is 0 Å². The van der Waals surface area contributed by atoms with Crippen molar-refractivity contribution in [3.05, 3.63) is 23.4 Å². The summed E-state index contributed by atoms with van der Waals surface area (Å²) >= 11 is 5.78. The summed E-state index contributed by atoms with van der Waals surface area (Å²) in [6.07, 6.45) is 6.72. The van der Waals surface area contributed by atoms with Crippen LogP contribution in [0.3, 0.4) is 0 Å². The van der Waals surface area contributed by atoms with E-state index < -0.39 is 0 Å². The quantitative estimate of drug-likeness (QED) is 0.859. The zero-order valence-electron chi connectivity index (χ0n) is 9.03. The van der Waals surface area contributed by atoms with Crippen LogP contribution in [0.15, 0.2) is 18.3 Å². The van der Waals surface area contributed by atoms with E-state index in [4.69, 9.17) is 16.3 Å². The molecule has 0 aromatic carbocycles. The molecule has 2 aliphatic rings. The second-order valence-electron chi connectivity index (χ2n) is 4.66. The number of hydrogen-bond donors (Lipinski definition) is 1. The van der Waals surface area contributed by atoms with Gasteiger partial charge in [-0.1, -0.05) is 11.6 Å². The van der Waals surface area contributed by atoms with Crippen molar-refractivity contribution in [1.82, 2.24) is 10.3 Å². The highest BCUT2D eigenvalue weighted by Crippen LogP contribution is 2.29. The van der Waals surface area contributed by atoms with E-state index in [9.17, 15) is 0 Å². The third-order valence-corrected chi connectivity index (χ3v) is 3.64. The number of aromatic nitrogens is 1. The molecule has 2 saturated heterocycles. The van der Waals surface area contributed by atoms with Gasteiger partial charge in [-0.2, -0.15) is 0 Å². The Morgan fingerprint density at radius 1 is 1.25 bits per heavy atom. The molecule has 2 unspecified atom stereocenters. The molecule has 1 aromatic heterocycles. The normalized spacial score (nSPS) is 32.7. The van der Waals surface area contributed by atoms with Gasteiger partial charge in [-0.05, 0) is 31.7 Å². The Balaban J connectivity index is 1.64. The van der Waals surface area contributed by atoms with Crippen LogP contribution in [-0.2, 0) is 0 Å². The summed E-state index contributed by atoms with van der Waals surface area (Å²) in [5.74, 6) is 0.690. The summed E-state index contributed by atoms with van der Waals surface area (Å²) in [7, 11) is 0. The lowest BCUT2D eigenvalue weighted by atomic mass is 10.0. The van der Waals surface area contributed by atoms with Crippen LogP contribution in [0.5, 0.6) is 5.88 Å². The zero-order valence-corrected chi connectivity index (χ0v) is 9.78. The van der Waals surface area contributed by atoms with Gasteiger partial charge in [0.25, 0.3) is 0 Å². The Morgan fingerprint density at radius 2 is 2.00 bits per heavy atom. The average molecular weight is 239 g/mol. The highest BCUT2D eigenvalue weighted by Gasteiger charge is 2.34. The number of nitrogens with one attached hydrogen (secondary N) is 1. The maximum Gasteiger partial charge on any atom is 0.213 e. The van der Waals surface area contributed by atoms with E-state index in [1.54, 1.807) is 6.20 Å². The van der Waals surface area contributed by atoms with Gasteiger partial charge in [0.05, 0.1) is 5.02 Å². The van der Waals surface area contributed by atoms with Crippen molar-refractivity contribution < 1.29 is 4.74 Å². The van der Waals surface area contributed by atoms with Crippen LogP contribution in [0.25, 0.3) is 0 Å². The minimum atomic E-state index is 0.312. The van der Waals surface area contributed by atoms with E-state index in [-0.39, 0.29) is 0 Å². The second kappa shape index (κ2) is 4.22. The fraction of sp³-hybridized carbons (Fsp3) is 0.583. The first-order valence-electron chi connectivity index (χ1n) is 5.84. The van der Waals surface area contributed by atoms with Gasteiger partial charge in [0.2, 0.25) is 5.88 Å². The van der Waals surface area contributed by atoms with Crippen LogP contribution in [0.2, 0.25) is 5.02 Å². The molecule has 2 fully saturated rings. The number of halogens is 1. The molecule has 0 spiro atoms. The molecule has 1 aromatic rings. The number of pyridine rings is 1. The molecule has 3 heterocycles. The summed E-state index contributed by atoms with van der Waals surface area (Å²) in [4.78, 5) is 4.17. The minimum Gasteiger partial charge on any atom is -0.474 e. The van der Waals surface area contributed by atoms with Crippen LogP contribution < -0.4 is 10.1 Å². The SMILES string of the molecule is Clc1ccc(OC2CC3CCC(C2)N3)nc1. The van der Waals surface area contributed by atoms with Crippen LogP contribution in [-0.4, -0.2) is 23.2 Å². The molecule has 0 amide bonds. The van der Waals surface area contributed by atoms with Gasteiger partial charge in [-0.25, -0.2) is 4.98 Å². The Bertz CT molecular complexity index is 356. The molecule has 3 rings (SSSR count). The van der Waals surface area contributed by atoms with Crippen LogP contribution in [0, 0.1) is 0 Å². The molecule has 2 aliphatic heterocycles. The predicted octanol–water partition coefficient (Wildman–Crippen LogP) is 2.40. The van der Waals surface area contributed by atoms with Gasteiger partial charge < -0.3 is 10.1 Å². The Labute approximate surface area is 100 Å². The second-order valence-corrected chi connectivity index (χ2v) is 5.10. The molecule has 16 heavy (non-hydrogen) atoms. The molecule has 4 heteroatoms. The fourth-order valence-electron chi connectivity index (χ4n) is 2.70. The summed E-state index contributed by atoms with van der Waals surface area (Å²) in [5, 5.41) is 4.24. The van der Waals surface area contributed by atoms with Crippen LogP contribution >= 0.6 is 11.6 Å². The lowest BCUT2D eigenvalue weighted by Gasteiger charge is -2.29. The average Bonchev–Trinajstić information content (AvgIpc) is 2.62. The van der Waals surface area contributed by atoms with E-state index in [1.807, 2.05) is 12.1 Å². The molecule has 2 atom stereocenters. The van der Waals surface area contributed by atoms with Crippen molar-refractivity contribution in [2.24, 2.45) is 0 Å². The highest BCUT2D eigenvalue weighted by atomic mass is 35.5. The molecule has 0 saturated carbocycles. The summed E-state index contributed by atoms with van der Waals surface area (Å²) < 4.78 is 5.88. The Hall–Kier alpha value is -0.800. The Morgan fingerprint density at radius 3 is 2.62 bits per heavy atom. The third kappa shape index (κ3) is 2.15. The monoisotopic (exact) mass is 238 g/mol. The van der Waals surface area contributed by atoms with Crippen molar-refractivity contribution >= 4 is 11.6 Å². The molecular formula is C12H15ClN2O. The van der Waals surface area contributed by atoms with Gasteiger partial charge in [0.1, 0.15) is 6.10 Å². The molecule has 0 radical (unpaired) electrons. The van der Waals surface area contributed by atoms with Gasteiger partial charge in [-0.3, -0.25) is 0 Å². The lowest BCUT2D eigenvalue weighted by molar-refractivity contribution is 0.132. The number of ether oxygens (including phenoxy) is 1. The van der Waals surface area contributed by atoms with E-state index in [2.05, 4.69) is 10.3 Å². The van der Waals surface area contributed by atoms with Crippen molar-refractivity contribution in [1.29, 1.82) is 0 Å². The first-order chi connectivity index (χ1) is 7.79. The number of fused-ring (bicyclic) bond motifs is 2. The van der Waals surface area contributed by atoms with Gasteiger partial charge in [0, 0.05) is 24.3 Å². The van der Waals surface area contributed by atoms with E-state index >= 15 is 0 Å². The standard InChI is InChI=1S/C12H15ClN2O/c13-8-1-4-12(14-7-8)16-11-5-9-2-3-10(6-11)15-9/h1,4,7,9-11,15H,2-3,5-6H2. The maximum absolute atomic E-state index is 5.88. The lowest BCUT2D eigenvalue weighted by Crippen LogP contribution is -2.42. The predicted molar refractivity (Wildman–Crippen MR) is 62.8 cm³/mol. The number of rotatable bonds is 2. The summed E-state index contributed by atoms with van der Waals surface area (Å²) in [6.45, 7) is 0. The topological polar surface area (TPSA) is 34.1 Å². The van der Waals surface area contributed by atoms with E-state index in [1.165, 1.54) is 12.8 Å². The third-order valence-electron chi connectivity index (χ3n) is 3.42. The summed E-state index contributed by atoms with van der Waals surface area (Å²) in [5.41, 5.74) is 0. The van der Waals surface area contributed by atoms with Crippen LogP contribution in [0.1, 0.15) is 25.7 Å². The first kappa shape index (κ1) is 10.4. The zero-order chi connectivity index (χ0) is 11.0. The summed E-state index contributed by atoms with van der Waals surface area (Å²) in [6, 6.07) is 4.96. The number of nitrogens with zero attached hydrogens (tertiary/aromatic N) is 1. The largest absolute Gasteiger partial charge is 0.474 e. The van der Waals surface area contributed by atoms with Crippen molar-refractivity contribution in [2.75, 3.05) is 0 Å². The maximum atomic E-state index is 5.88. The van der Waals surface area contributed by atoms with E-state index in [0.717, 1.165) is 12.8 Å². The van der Waals surface area contributed by atoms with Crippen molar-refractivity contribution in [3.63, 3.8) is 0 Å². The fourth-order valence-corrected chi connectivity index (χ4v) is 2.82. The van der Waals surface area contributed by atoms with Gasteiger partial charge >= 0.3 is 0 Å². The molecule has 0 aliphatic carbocycles. The molecular weight excluding hydrogens is 224 g/mol. The highest BCUT2D eigenvalue weighted by molar-refractivity contribution is 6.30. The minimum absolute atomic E-state index is 0.312. The molecule has 1 N–H and O–H groups in total. The number of piperidine rings is 1. The van der Waals surface area contributed by atoms with Crippen LogP contribution in [0.4, 0.5) is 0 Å².